The molecular formula is C19H14ClNO3. The number of aliphatic imine (C=N–C) groups is 1. The molecule has 1 heterocycles. The number of esters is 1. The van der Waals surface area contributed by atoms with E-state index < -0.39 is 5.97 Å². The van der Waals surface area contributed by atoms with Gasteiger partial charge in [0.1, 0.15) is 5.75 Å². The molecule has 0 atom stereocenters. The van der Waals surface area contributed by atoms with Crippen LogP contribution in [0.1, 0.15) is 11.1 Å². The molecule has 1 aliphatic heterocycles. The van der Waals surface area contributed by atoms with Gasteiger partial charge in [-0.05, 0) is 35.9 Å². The third-order valence-electron chi connectivity index (χ3n) is 3.33. The number of methoxy groups -OCH3 is 1. The molecule has 0 bridgehead atoms. The van der Waals surface area contributed by atoms with E-state index in [1.54, 1.807) is 43.5 Å². The first-order valence-corrected chi connectivity index (χ1v) is 7.63. The van der Waals surface area contributed by atoms with Gasteiger partial charge in [0.25, 0.3) is 0 Å². The average Bonchev–Trinajstić information content (AvgIpc) is 2.93. The summed E-state index contributed by atoms with van der Waals surface area (Å²) in [5, 5.41) is 0.594. The summed E-state index contributed by atoms with van der Waals surface area (Å²) in [6.45, 7) is 0. The van der Waals surface area contributed by atoms with Crippen LogP contribution in [0.25, 0.3) is 12.2 Å². The van der Waals surface area contributed by atoms with Gasteiger partial charge >= 0.3 is 5.97 Å². The van der Waals surface area contributed by atoms with Gasteiger partial charge in [0, 0.05) is 16.7 Å². The van der Waals surface area contributed by atoms with Crippen LogP contribution in [0.3, 0.4) is 0 Å². The molecule has 0 amide bonds. The molecule has 0 aliphatic carbocycles. The Hall–Kier alpha value is -2.85. The highest BCUT2D eigenvalue weighted by Crippen LogP contribution is 2.21. The highest BCUT2D eigenvalue weighted by atomic mass is 35.5. The first-order chi connectivity index (χ1) is 11.7. The predicted molar refractivity (Wildman–Crippen MR) is 95.0 cm³/mol. The summed E-state index contributed by atoms with van der Waals surface area (Å²) in [5.74, 6) is 0.474. The van der Waals surface area contributed by atoms with Gasteiger partial charge in [0.15, 0.2) is 5.70 Å². The lowest BCUT2D eigenvalue weighted by Crippen LogP contribution is -2.01. The molecule has 0 saturated carbocycles. The van der Waals surface area contributed by atoms with E-state index in [9.17, 15) is 4.79 Å². The molecule has 2 aromatic carbocycles. The van der Waals surface area contributed by atoms with Crippen LogP contribution in [0.5, 0.6) is 5.75 Å². The predicted octanol–water partition coefficient (Wildman–Crippen LogP) is 4.36. The largest absolute Gasteiger partial charge is 0.496 e. The number of carbonyl (C=O) groups excluding carboxylic acids is 1. The van der Waals surface area contributed by atoms with Crippen LogP contribution in [-0.2, 0) is 9.53 Å². The van der Waals surface area contributed by atoms with Crippen molar-refractivity contribution in [1.29, 1.82) is 0 Å². The second-order valence-electron chi connectivity index (χ2n) is 5.00. The van der Waals surface area contributed by atoms with Crippen LogP contribution >= 0.6 is 11.6 Å². The smallest absolute Gasteiger partial charge is 0.363 e. The molecule has 0 spiro atoms. The number of nitrogens with zero attached hydrogens (tertiary/aromatic N) is 1. The molecule has 0 radical (unpaired) electrons. The van der Waals surface area contributed by atoms with Crippen molar-refractivity contribution in [2.75, 3.05) is 7.11 Å². The van der Waals surface area contributed by atoms with Crippen molar-refractivity contribution in [3.63, 3.8) is 0 Å². The van der Waals surface area contributed by atoms with Gasteiger partial charge in [0.05, 0.1) is 7.11 Å². The zero-order chi connectivity index (χ0) is 16.9. The number of carbonyl (C=O) groups is 1. The van der Waals surface area contributed by atoms with E-state index in [0.717, 1.165) is 16.9 Å². The Bertz CT molecular complexity index is 868. The van der Waals surface area contributed by atoms with Crippen LogP contribution in [0.2, 0.25) is 5.02 Å². The Labute approximate surface area is 144 Å². The van der Waals surface area contributed by atoms with Gasteiger partial charge < -0.3 is 9.47 Å². The number of cyclic esters (lactones) is 1. The van der Waals surface area contributed by atoms with Crippen LogP contribution < -0.4 is 4.74 Å². The number of benzene rings is 2. The fourth-order valence-corrected chi connectivity index (χ4v) is 2.42. The molecule has 0 fully saturated rings. The molecule has 120 valence electrons. The maximum Gasteiger partial charge on any atom is 0.363 e. The van der Waals surface area contributed by atoms with E-state index in [-0.39, 0.29) is 11.6 Å². The van der Waals surface area contributed by atoms with E-state index in [2.05, 4.69) is 4.99 Å². The van der Waals surface area contributed by atoms with Crippen molar-refractivity contribution in [3.05, 3.63) is 76.5 Å². The number of para-hydroxylation sites is 1. The zero-order valence-corrected chi connectivity index (χ0v) is 13.7. The zero-order valence-electron chi connectivity index (χ0n) is 12.9. The quantitative estimate of drug-likeness (QED) is 0.614. The van der Waals surface area contributed by atoms with Crippen LogP contribution in [0, 0.1) is 0 Å². The third kappa shape index (κ3) is 3.73. The van der Waals surface area contributed by atoms with E-state index in [1.165, 1.54) is 0 Å². The molecule has 24 heavy (non-hydrogen) atoms. The summed E-state index contributed by atoms with van der Waals surface area (Å²) in [5.41, 5.74) is 1.89. The maximum absolute atomic E-state index is 11.9. The number of halogens is 1. The van der Waals surface area contributed by atoms with Crippen molar-refractivity contribution < 1.29 is 14.3 Å². The van der Waals surface area contributed by atoms with Crippen molar-refractivity contribution in [1.82, 2.24) is 0 Å². The third-order valence-corrected chi connectivity index (χ3v) is 3.57. The molecule has 2 aromatic rings. The molecular weight excluding hydrogens is 326 g/mol. The normalized spacial score (nSPS) is 15.7. The molecule has 0 saturated heterocycles. The second-order valence-corrected chi connectivity index (χ2v) is 5.44. The fourth-order valence-electron chi connectivity index (χ4n) is 2.22. The summed E-state index contributed by atoms with van der Waals surface area (Å²) < 4.78 is 10.4. The summed E-state index contributed by atoms with van der Waals surface area (Å²) in [6, 6.07) is 14.7. The summed E-state index contributed by atoms with van der Waals surface area (Å²) in [4.78, 5) is 16.1. The lowest BCUT2D eigenvalue weighted by molar-refractivity contribution is -0.129. The molecule has 0 unspecified atom stereocenters. The topological polar surface area (TPSA) is 47.9 Å². The van der Waals surface area contributed by atoms with Crippen LogP contribution in [0.4, 0.5) is 0 Å². The van der Waals surface area contributed by atoms with E-state index >= 15 is 0 Å². The van der Waals surface area contributed by atoms with Crippen molar-refractivity contribution in [2.45, 2.75) is 0 Å². The Morgan fingerprint density at radius 1 is 1.12 bits per heavy atom. The van der Waals surface area contributed by atoms with Gasteiger partial charge in [-0.25, -0.2) is 9.79 Å². The van der Waals surface area contributed by atoms with Gasteiger partial charge in [-0.15, -0.1) is 0 Å². The number of hydrogen-bond donors (Lipinski definition) is 0. The van der Waals surface area contributed by atoms with Gasteiger partial charge in [-0.2, -0.15) is 0 Å². The number of ether oxygens (including phenoxy) is 2. The highest BCUT2D eigenvalue weighted by Gasteiger charge is 2.21. The van der Waals surface area contributed by atoms with Gasteiger partial charge in [-0.1, -0.05) is 41.9 Å². The molecule has 0 N–H and O–H groups in total. The highest BCUT2D eigenvalue weighted by molar-refractivity contribution is 6.30. The first kappa shape index (κ1) is 16.0. The second kappa shape index (κ2) is 7.15. The number of hydrogen-bond acceptors (Lipinski definition) is 4. The maximum atomic E-state index is 11.9. The van der Waals surface area contributed by atoms with Crippen molar-refractivity contribution in [2.24, 2.45) is 4.99 Å². The summed E-state index contributed by atoms with van der Waals surface area (Å²) in [7, 11) is 1.60. The minimum absolute atomic E-state index is 0.233. The average molecular weight is 340 g/mol. The minimum atomic E-state index is -0.491. The van der Waals surface area contributed by atoms with Gasteiger partial charge in [-0.3, -0.25) is 0 Å². The van der Waals surface area contributed by atoms with E-state index in [1.807, 2.05) is 30.3 Å². The lowest BCUT2D eigenvalue weighted by Gasteiger charge is -2.02. The molecule has 3 rings (SSSR count). The standard InChI is InChI=1S/C19H14ClNO3/c1-23-17-8-3-2-6-14(17)9-10-18-21-16(19(22)24-18)12-13-5-4-7-15(20)11-13/h2-12H,1H3. The Morgan fingerprint density at radius 2 is 1.96 bits per heavy atom. The monoisotopic (exact) mass is 339 g/mol. The van der Waals surface area contributed by atoms with Crippen LogP contribution in [-0.4, -0.2) is 19.0 Å². The Balaban J connectivity index is 1.83. The molecule has 0 aromatic heterocycles. The summed E-state index contributed by atoms with van der Waals surface area (Å²) >= 11 is 5.94. The minimum Gasteiger partial charge on any atom is -0.496 e. The van der Waals surface area contributed by atoms with Crippen molar-refractivity contribution in [3.8, 4) is 5.75 Å². The first-order valence-electron chi connectivity index (χ1n) is 7.25. The van der Waals surface area contributed by atoms with Crippen molar-refractivity contribution >= 4 is 35.6 Å². The number of rotatable bonds is 4. The van der Waals surface area contributed by atoms with E-state index in [0.29, 0.717) is 5.02 Å². The molecule has 1 aliphatic rings. The Morgan fingerprint density at radius 3 is 2.75 bits per heavy atom. The SMILES string of the molecule is COc1ccccc1C=CC1=NC(=Cc2cccc(Cl)c2)C(=O)O1. The van der Waals surface area contributed by atoms with E-state index in [4.69, 9.17) is 21.1 Å². The summed E-state index contributed by atoms with van der Waals surface area (Å²) in [6.07, 6.45) is 5.06. The molecule has 4 nitrogen and oxygen atoms in total. The Kier molecular flexibility index (Phi) is 4.77. The lowest BCUT2D eigenvalue weighted by atomic mass is 10.2. The fraction of sp³-hybridized carbons (Fsp3) is 0.0526. The molecule has 5 heteroatoms. The van der Waals surface area contributed by atoms with Gasteiger partial charge in [0.2, 0.25) is 5.90 Å². The van der Waals surface area contributed by atoms with Crippen LogP contribution in [0.15, 0.2) is 65.3 Å².